The number of aliphatic hydroxyl groups excluding tert-OH is 8. The standard InChI is InChI=1S/2C17H20N4O6.2Na.H4O7P2/c2*1-7-3-9-10(4-8(7)2)21(5-11(23)14(25)12(24)6-22)15-13(18-9)16(26)20-17(27)19-15;;;1-8(2,3)7-9(4,5)6/h2*3-4,11-12,14,22-25H,5-6H2,1-2H3,(H,20,26,27);;;(H2,1,2,3)(H2,4,5,6)/q;;2*+1;/p-2/t2*11-,12+,14-;;;/m00.../s1. The van der Waals surface area contributed by atoms with Crippen molar-refractivity contribution < 1.29 is 133 Å². The van der Waals surface area contributed by atoms with E-state index in [0.717, 1.165) is 22.3 Å². The molecule has 2 aromatic rings. The van der Waals surface area contributed by atoms with Crippen molar-refractivity contribution in [3.63, 3.8) is 0 Å². The van der Waals surface area contributed by atoms with E-state index in [9.17, 15) is 68.7 Å². The number of fused-ring (bicyclic) bond motifs is 4. The molecule has 344 valence electrons. The van der Waals surface area contributed by atoms with Gasteiger partial charge in [0.25, 0.3) is 11.1 Å². The van der Waals surface area contributed by atoms with Crippen LogP contribution in [0.2, 0.25) is 0 Å². The number of aryl methyl sites for hydroxylation is 4. The molecule has 6 atom stereocenters. The zero-order valence-corrected chi connectivity index (χ0v) is 41.1. The van der Waals surface area contributed by atoms with Gasteiger partial charge in [0.2, 0.25) is 0 Å². The second-order valence-electron chi connectivity index (χ2n) is 14.0. The third-order valence-corrected chi connectivity index (χ3v) is 11.0. The maximum Gasteiger partial charge on any atom is 1.00 e. The minimum Gasteiger partial charge on any atom is -0.789 e. The summed E-state index contributed by atoms with van der Waals surface area (Å²) in [4.78, 5) is 102. The fourth-order valence-electron chi connectivity index (χ4n) is 5.92. The van der Waals surface area contributed by atoms with Crippen LogP contribution in [-0.4, -0.2) is 140 Å². The number of nitrogens with zero attached hydrogens (tertiary/aromatic N) is 6. The van der Waals surface area contributed by atoms with Crippen LogP contribution in [0.15, 0.2) is 43.4 Å². The Balaban J connectivity index is 0.000000367. The Labute approximate surface area is 408 Å². The van der Waals surface area contributed by atoms with E-state index < -0.39 is 88.0 Å². The van der Waals surface area contributed by atoms with Crippen LogP contribution in [0.5, 0.6) is 0 Å². The summed E-state index contributed by atoms with van der Waals surface area (Å²) >= 11 is 0. The molecule has 65 heavy (non-hydrogen) atoms. The van der Waals surface area contributed by atoms with E-state index in [4.69, 9.17) is 20.0 Å². The van der Waals surface area contributed by atoms with E-state index >= 15 is 0 Å². The van der Waals surface area contributed by atoms with Crippen LogP contribution in [0.25, 0.3) is 45.1 Å². The van der Waals surface area contributed by atoms with Gasteiger partial charge in [-0.05, 0) is 74.2 Å². The second-order valence-corrected chi connectivity index (χ2v) is 16.5. The average molecular weight is 975 g/mol. The Hall–Kier alpha value is -3.06. The SMILES string of the molecule is Cc1cc2nc3c(=O)[nH]c(=O)nc-3n(C[C@H](O)[C@H](O)[C@H](O)CO)c2cc1C.Cc1cc2nc3c(=O)[nH]c(=O)nc-3n(C[C@H](O)[C@H](O)[C@H](O)CO)c2cc1C.O=P([O-])([O-])OP(=O)(O)O.[Na+].[Na+]. The minimum absolute atomic E-state index is 0. The number of aromatic amines is 2. The van der Waals surface area contributed by atoms with Gasteiger partial charge in [-0.2, -0.15) is 9.97 Å². The van der Waals surface area contributed by atoms with Gasteiger partial charge in [-0.25, -0.2) is 24.1 Å². The first-order valence-electron chi connectivity index (χ1n) is 18.1. The monoisotopic (exact) mass is 974 g/mol. The molecule has 0 unspecified atom stereocenters. The molecule has 27 nitrogen and oxygen atoms in total. The first kappa shape index (κ1) is 58.1. The van der Waals surface area contributed by atoms with Gasteiger partial charge in [0, 0.05) is 0 Å². The Kier molecular flexibility index (Phi) is 21.2. The predicted octanol–water partition coefficient (Wildman–Crippen LogP) is -11.5. The molecule has 0 amide bonds. The van der Waals surface area contributed by atoms with Crippen molar-refractivity contribution in [1.29, 1.82) is 0 Å². The van der Waals surface area contributed by atoms with Gasteiger partial charge in [0.1, 0.15) is 36.6 Å². The second kappa shape index (κ2) is 23.8. The van der Waals surface area contributed by atoms with E-state index in [1.54, 1.807) is 24.3 Å². The maximum absolute atomic E-state index is 12.2. The van der Waals surface area contributed by atoms with Crippen LogP contribution in [0.1, 0.15) is 22.3 Å². The Morgan fingerprint density at radius 1 is 0.600 bits per heavy atom. The summed E-state index contributed by atoms with van der Waals surface area (Å²) in [5.74, 6) is -0.103. The number of hydrogen-bond donors (Lipinski definition) is 12. The largest absolute Gasteiger partial charge is 1.00 e. The molecule has 0 aromatic heterocycles. The van der Waals surface area contributed by atoms with Crippen LogP contribution >= 0.6 is 15.6 Å². The van der Waals surface area contributed by atoms with Gasteiger partial charge in [0.15, 0.2) is 23.0 Å². The van der Waals surface area contributed by atoms with E-state index in [1.807, 2.05) is 27.7 Å². The molecule has 31 heteroatoms. The molecule has 0 bridgehead atoms. The predicted molar refractivity (Wildman–Crippen MR) is 212 cm³/mol. The summed E-state index contributed by atoms with van der Waals surface area (Å²) in [5, 5.41) is 77.6. The first-order valence-corrected chi connectivity index (χ1v) is 21.1. The number of aromatic nitrogens is 8. The Bertz CT molecular complexity index is 2690. The van der Waals surface area contributed by atoms with Gasteiger partial charge in [-0.3, -0.25) is 23.9 Å². The summed E-state index contributed by atoms with van der Waals surface area (Å²) < 4.78 is 24.5. The van der Waals surface area contributed by atoms with Crippen molar-refractivity contribution in [1.82, 2.24) is 39.0 Å². The minimum atomic E-state index is -5.55. The van der Waals surface area contributed by atoms with Gasteiger partial charge in [-0.15, -0.1) is 0 Å². The number of aliphatic hydroxyl groups is 8. The van der Waals surface area contributed by atoms with E-state index in [0.29, 0.717) is 22.1 Å². The number of nitrogens with one attached hydrogen (secondary N) is 2. The van der Waals surface area contributed by atoms with Crippen LogP contribution < -0.4 is 91.4 Å². The number of hydrogen-bond acceptors (Lipinski definition) is 21. The van der Waals surface area contributed by atoms with Crippen molar-refractivity contribution in [3.8, 4) is 23.0 Å². The molecule has 0 spiro atoms. The van der Waals surface area contributed by atoms with Crippen LogP contribution in [0.3, 0.4) is 0 Å². The molecule has 6 rings (SSSR count). The number of rotatable bonds is 12. The van der Waals surface area contributed by atoms with Gasteiger partial charge in [-0.1, -0.05) is 0 Å². The molecular formula is C34H42N8Na2O19P2. The summed E-state index contributed by atoms with van der Waals surface area (Å²) in [6, 6.07) is 7.06. The number of benzene rings is 2. The van der Waals surface area contributed by atoms with Crippen molar-refractivity contribution in [2.24, 2.45) is 0 Å². The average Bonchev–Trinajstić information content (AvgIpc) is 3.17. The summed E-state index contributed by atoms with van der Waals surface area (Å²) in [6.45, 7) is 5.46. The van der Waals surface area contributed by atoms with Crippen LogP contribution in [0.4, 0.5) is 0 Å². The normalized spacial score (nSPS) is 14.5. The fourth-order valence-corrected chi connectivity index (χ4v) is 6.96. The third kappa shape index (κ3) is 15.0. The molecule has 4 heterocycles. The van der Waals surface area contributed by atoms with Gasteiger partial charge in [0.05, 0.1) is 56.2 Å². The van der Waals surface area contributed by atoms with E-state index in [1.165, 1.54) is 9.13 Å². The topological polar surface area (TPSA) is 453 Å². The zero-order chi connectivity index (χ0) is 47.5. The smallest absolute Gasteiger partial charge is 0.789 e. The van der Waals surface area contributed by atoms with Crippen molar-refractivity contribution in [2.75, 3.05) is 13.2 Å². The fraction of sp³-hybridized carbons (Fsp3) is 0.412. The molecule has 0 aliphatic carbocycles. The van der Waals surface area contributed by atoms with Gasteiger partial charge >= 0.3 is 78.3 Å². The van der Waals surface area contributed by atoms with E-state index in [-0.39, 0.29) is 95.2 Å². The zero-order valence-electron chi connectivity index (χ0n) is 35.3. The van der Waals surface area contributed by atoms with Gasteiger partial charge < -0.3 is 74.1 Å². The van der Waals surface area contributed by atoms with Crippen LogP contribution in [0, 0.1) is 27.7 Å². The molecular weight excluding hydrogens is 932 g/mol. The van der Waals surface area contributed by atoms with Crippen LogP contribution in [-0.2, 0) is 26.5 Å². The third-order valence-electron chi connectivity index (χ3n) is 9.35. The van der Waals surface area contributed by atoms with E-state index in [2.05, 4.69) is 34.2 Å². The summed E-state index contributed by atoms with van der Waals surface area (Å²) in [5.41, 5.74) is 2.23. The Morgan fingerprint density at radius 2 is 0.923 bits per heavy atom. The molecule has 0 fully saturated rings. The summed E-state index contributed by atoms with van der Waals surface area (Å²) in [6.07, 6.45) is -9.36. The first-order chi connectivity index (χ1) is 29.2. The van der Waals surface area contributed by atoms with Crippen molar-refractivity contribution in [2.45, 2.75) is 77.4 Å². The Morgan fingerprint density at radius 3 is 1.20 bits per heavy atom. The quantitative estimate of drug-likeness (QED) is 0.0308. The number of phosphoric acid groups is 2. The molecule has 2 aromatic carbocycles. The van der Waals surface area contributed by atoms with Crippen molar-refractivity contribution >= 4 is 37.7 Å². The molecule has 0 saturated carbocycles. The molecule has 0 saturated heterocycles. The van der Waals surface area contributed by atoms with Crippen molar-refractivity contribution in [3.05, 3.63) is 88.2 Å². The number of H-pyrrole nitrogens is 2. The molecule has 4 aliphatic heterocycles. The molecule has 12 N–H and O–H groups in total. The maximum atomic E-state index is 12.2. The summed E-state index contributed by atoms with van der Waals surface area (Å²) in [7, 11) is -10.7. The molecule has 4 aliphatic rings. The molecule has 0 radical (unpaired) electrons.